The molecule has 28 heavy (non-hydrogen) atoms. The Kier molecular flexibility index (Phi) is 5.29. The van der Waals surface area contributed by atoms with Crippen LogP contribution in [0, 0.1) is 0 Å². The second kappa shape index (κ2) is 8.17. The van der Waals surface area contributed by atoms with Gasteiger partial charge in [-0.05, 0) is 42.2 Å². The van der Waals surface area contributed by atoms with Crippen molar-refractivity contribution in [3.8, 4) is 0 Å². The van der Waals surface area contributed by atoms with Crippen LogP contribution in [0.25, 0.3) is 0 Å². The highest BCUT2D eigenvalue weighted by Gasteiger charge is 2.21. The number of hydrogen-bond donors (Lipinski definition) is 1. The highest BCUT2D eigenvalue weighted by atomic mass is 15.7. The van der Waals surface area contributed by atoms with Crippen LogP contribution < -0.4 is 15.4 Å². The molecule has 3 aromatic carbocycles. The van der Waals surface area contributed by atoms with Gasteiger partial charge >= 0.3 is 0 Å². The lowest BCUT2D eigenvalue weighted by molar-refractivity contribution is 0.678. The van der Waals surface area contributed by atoms with Crippen molar-refractivity contribution in [2.24, 2.45) is 5.10 Å². The van der Waals surface area contributed by atoms with Crippen LogP contribution in [0.2, 0.25) is 0 Å². The number of anilines is 2. The normalized spacial score (nSPS) is 15.0. The van der Waals surface area contributed by atoms with E-state index in [-0.39, 0.29) is 0 Å². The van der Waals surface area contributed by atoms with Gasteiger partial charge < -0.3 is 0 Å². The largest absolute Gasteiger partial charge is 0.278 e. The molecule has 0 spiro atoms. The van der Waals surface area contributed by atoms with Crippen LogP contribution in [0.3, 0.4) is 0 Å². The third-order valence-corrected chi connectivity index (χ3v) is 5.22. The molecule has 4 heteroatoms. The minimum Gasteiger partial charge on any atom is -0.278 e. The maximum absolute atomic E-state index is 4.89. The maximum atomic E-state index is 4.89. The Hall–Kier alpha value is -3.27. The van der Waals surface area contributed by atoms with Crippen molar-refractivity contribution in [1.29, 1.82) is 0 Å². The van der Waals surface area contributed by atoms with E-state index in [9.17, 15) is 0 Å². The Balaban J connectivity index is 1.68. The molecule has 0 saturated carbocycles. The van der Waals surface area contributed by atoms with E-state index in [1.54, 1.807) is 0 Å². The molecule has 142 valence electrons. The molecule has 0 aliphatic carbocycles. The topological polar surface area (TPSA) is 30.9 Å². The first kappa shape index (κ1) is 18.1. The van der Waals surface area contributed by atoms with Crippen LogP contribution in [0.15, 0.2) is 90.0 Å². The standard InChI is InChI=1S/C24H26N4/c1-3-19(2)20-14-16-21(17-15-20)24-25-27(22-10-6-4-7-11-22)18-28(26-24)23-12-8-5-9-13-23/h4-17,19H,3,18H2,1-2H3,(H,25,26). The lowest BCUT2D eigenvalue weighted by atomic mass is 9.97. The van der Waals surface area contributed by atoms with Crippen LogP contribution >= 0.6 is 0 Å². The van der Waals surface area contributed by atoms with Crippen LogP contribution in [0.4, 0.5) is 11.4 Å². The average Bonchev–Trinajstić information content (AvgIpc) is 2.79. The van der Waals surface area contributed by atoms with Gasteiger partial charge in [-0.3, -0.25) is 10.4 Å². The summed E-state index contributed by atoms with van der Waals surface area (Å²) in [6, 6.07) is 29.4. The van der Waals surface area contributed by atoms with Crippen molar-refractivity contribution in [1.82, 2.24) is 5.43 Å². The van der Waals surface area contributed by atoms with Crippen LogP contribution in [-0.2, 0) is 0 Å². The van der Waals surface area contributed by atoms with E-state index >= 15 is 0 Å². The van der Waals surface area contributed by atoms with Crippen molar-refractivity contribution in [2.45, 2.75) is 26.2 Å². The minimum atomic E-state index is 0.567. The molecule has 0 bridgehead atoms. The van der Waals surface area contributed by atoms with Crippen molar-refractivity contribution in [3.05, 3.63) is 96.1 Å². The van der Waals surface area contributed by atoms with Crippen molar-refractivity contribution < 1.29 is 0 Å². The first-order valence-electron chi connectivity index (χ1n) is 9.85. The van der Waals surface area contributed by atoms with Gasteiger partial charge in [0, 0.05) is 5.56 Å². The lowest BCUT2D eigenvalue weighted by Crippen LogP contribution is -2.53. The molecule has 1 atom stereocenters. The Morgan fingerprint density at radius 2 is 1.46 bits per heavy atom. The van der Waals surface area contributed by atoms with Crippen molar-refractivity contribution >= 4 is 17.2 Å². The molecular weight excluding hydrogens is 344 g/mol. The maximum Gasteiger partial charge on any atom is 0.172 e. The van der Waals surface area contributed by atoms with Gasteiger partial charge in [0.25, 0.3) is 0 Å². The van der Waals surface area contributed by atoms with Gasteiger partial charge in [-0.15, -0.1) is 0 Å². The molecule has 0 fully saturated rings. The van der Waals surface area contributed by atoms with Gasteiger partial charge in [0.15, 0.2) is 5.84 Å². The van der Waals surface area contributed by atoms with Crippen LogP contribution in [0.1, 0.15) is 37.3 Å². The summed E-state index contributed by atoms with van der Waals surface area (Å²) in [5.74, 6) is 1.41. The molecule has 0 amide bonds. The zero-order valence-corrected chi connectivity index (χ0v) is 16.4. The number of hydrazine groups is 1. The minimum absolute atomic E-state index is 0.567. The van der Waals surface area contributed by atoms with Gasteiger partial charge in [0.2, 0.25) is 0 Å². The summed E-state index contributed by atoms with van der Waals surface area (Å²) in [6.07, 6.45) is 1.14. The summed E-state index contributed by atoms with van der Waals surface area (Å²) in [7, 11) is 0. The average molecular weight is 370 g/mol. The number of benzene rings is 3. The molecular formula is C24H26N4. The number of nitrogens with zero attached hydrogens (tertiary/aromatic N) is 3. The van der Waals surface area contributed by atoms with E-state index in [2.05, 4.69) is 84.9 Å². The predicted molar refractivity (Wildman–Crippen MR) is 118 cm³/mol. The zero-order valence-electron chi connectivity index (χ0n) is 16.4. The third kappa shape index (κ3) is 3.86. The van der Waals surface area contributed by atoms with Gasteiger partial charge in [0.05, 0.1) is 11.4 Å². The molecule has 1 N–H and O–H groups in total. The van der Waals surface area contributed by atoms with E-state index in [0.717, 1.165) is 29.2 Å². The van der Waals surface area contributed by atoms with E-state index in [4.69, 9.17) is 5.10 Å². The number of rotatable bonds is 5. The zero-order chi connectivity index (χ0) is 19.3. The Bertz CT molecular complexity index is 920. The molecule has 4 rings (SSSR count). The van der Waals surface area contributed by atoms with Crippen molar-refractivity contribution in [2.75, 3.05) is 16.7 Å². The molecule has 1 aliphatic heterocycles. The van der Waals surface area contributed by atoms with E-state index in [0.29, 0.717) is 12.6 Å². The Morgan fingerprint density at radius 3 is 2.07 bits per heavy atom. The Morgan fingerprint density at radius 1 is 0.857 bits per heavy atom. The van der Waals surface area contributed by atoms with Gasteiger partial charge in [0.1, 0.15) is 6.67 Å². The fourth-order valence-electron chi connectivity index (χ4n) is 3.29. The van der Waals surface area contributed by atoms with E-state index in [1.165, 1.54) is 5.56 Å². The monoisotopic (exact) mass is 370 g/mol. The lowest BCUT2D eigenvalue weighted by Gasteiger charge is -2.36. The summed E-state index contributed by atoms with van der Waals surface area (Å²) in [5.41, 5.74) is 8.10. The molecule has 0 saturated heterocycles. The van der Waals surface area contributed by atoms with Gasteiger partial charge in [-0.1, -0.05) is 74.5 Å². The first-order chi connectivity index (χ1) is 13.7. The first-order valence-corrected chi connectivity index (χ1v) is 9.85. The molecule has 1 unspecified atom stereocenters. The summed E-state index contributed by atoms with van der Waals surface area (Å²) in [4.78, 5) is 0. The van der Waals surface area contributed by atoms with E-state index < -0.39 is 0 Å². The molecule has 0 radical (unpaired) electrons. The number of para-hydroxylation sites is 2. The molecule has 1 heterocycles. The molecule has 0 aromatic heterocycles. The highest BCUT2D eigenvalue weighted by Crippen LogP contribution is 2.23. The smallest absolute Gasteiger partial charge is 0.172 e. The third-order valence-electron chi connectivity index (χ3n) is 5.22. The predicted octanol–water partition coefficient (Wildman–Crippen LogP) is 5.35. The van der Waals surface area contributed by atoms with Gasteiger partial charge in [-0.2, -0.15) is 5.10 Å². The van der Waals surface area contributed by atoms with Crippen molar-refractivity contribution in [3.63, 3.8) is 0 Å². The fourth-order valence-corrected chi connectivity index (χ4v) is 3.29. The number of hydrogen-bond acceptors (Lipinski definition) is 4. The fraction of sp³-hybridized carbons (Fsp3) is 0.208. The molecule has 4 nitrogen and oxygen atoms in total. The van der Waals surface area contributed by atoms with Gasteiger partial charge in [-0.25, -0.2) is 5.01 Å². The summed E-state index contributed by atoms with van der Waals surface area (Å²) < 4.78 is 0. The number of amidine groups is 1. The number of hydrazone groups is 1. The SMILES string of the molecule is CCC(C)c1ccc(C2=NN(c3ccccc3)CN(c3ccccc3)N2)cc1. The summed E-state index contributed by atoms with van der Waals surface area (Å²) in [6.45, 7) is 5.11. The number of nitrogens with one attached hydrogen (secondary N) is 1. The summed E-state index contributed by atoms with van der Waals surface area (Å²) >= 11 is 0. The summed E-state index contributed by atoms with van der Waals surface area (Å²) in [5, 5.41) is 9.04. The second-order valence-corrected chi connectivity index (χ2v) is 7.13. The molecule has 1 aliphatic rings. The van der Waals surface area contributed by atoms with Crippen LogP contribution in [-0.4, -0.2) is 12.5 Å². The quantitative estimate of drug-likeness (QED) is 0.657. The van der Waals surface area contributed by atoms with E-state index in [1.807, 2.05) is 29.3 Å². The molecule has 3 aromatic rings. The highest BCUT2D eigenvalue weighted by molar-refractivity contribution is 6.00. The Labute approximate surface area is 167 Å². The second-order valence-electron chi connectivity index (χ2n) is 7.13. The van der Waals surface area contributed by atoms with Crippen LogP contribution in [0.5, 0.6) is 0 Å².